The van der Waals surface area contributed by atoms with Gasteiger partial charge in [0, 0.05) is 39.2 Å². The van der Waals surface area contributed by atoms with Crippen molar-refractivity contribution in [2.45, 2.75) is 16.7 Å². The molecule has 1 aliphatic carbocycles. The quantitative estimate of drug-likeness (QED) is 0.0887. The zero-order valence-corrected chi connectivity index (χ0v) is 23.9. The highest BCUT2D eigenvalue weighted by atomic mass is 79.9. The van der Waals surface area contributed by atoms with Gasteiger partial charge in [-0.05, 0) is 64.0 Å². The van der Waals surface area contributed by atoms with Crippen LogP contribution in [-0.2, 0) is 11.2 Å². The van der Waals surface area contributed by atoms with Crippen molar-refractivity contribution in [3.8, 4) is 0 Å². The summed E-state index contributed by atoms with van der Waals surface area (Å²) in [6, 6.07) is 9.29. The number of hydrogen-bond acceptors (Lipinski definition) is 4. The van der Waals surface area contributed by atoms with E-state index in [0.717, 1.165) is 0 Å². The highest BCUT2D eigenvalue weighted by Crippen LogP contribution is 2.65. The van der Waals surface area contributed by atoms with Crippen LogP contribution >= 0.6 is 73.9 Å². The minimum absolute atomic E-state index is 0.0285. The first-order valence-corrected chi connectivity index (χ1v) is 13.2. The van der Waals surface area contributed by atoms with Crippen molar-refractivity contribution < 1.29 is 23.3 Å². The molecule has 2 atom stereocenters. The van der Waals surface area contributed by atoms with Gasteiger partial charge in [0.15, 0.2) is 17.4 Å². The molecule has 0 aliphatic heterocycles. The number of Topliss-reactive ketones (excluding diaryl/α,β-unsaturated/α-hetero) is 1. The molecule has 4 rings (SSSR count). The van der Waals surface area contributed by atoms with Gasteiger partial charge < -0.3 is 5.32 Å². The highest BCUT2D eigenvalue weighted by Gasteiger charge is 2.67. The average Bonchev–Trinajstić information content (AvgIpc) is 3.40. The Labute approximate surface area is 247 Å². The van der Waals surface area contributed by atoms with E-state index in [9.17, 15) is 28.5 Å². The van der Waals surface area contributed by atoms with Gasteiger partial charge in [-0.15, -0.1) is 23.2 Å². The maximum Gasteiger partial charge on any atom is 0.290 e. The van der Waals surface area contributed by atoms with Crippen molar-refractivity contribution in [1.29, 1.82) is 0 Å². The molecule has 3 aromatic rings. The van der Waals surface area contributed by atoms with E-state index in [1.54, 1.807) is 12.1 Å². The maximum absolute atomic E-state index is 13.9. The summed E-state index contributed by atoms with van der Waals surface area (Å²) in [6.45, 7) is 0. The molecule has 1 fully saturated rings. The Morgan fingerprint density at radius 3 is 2.29 bits per heavy atom. The van der Waals surface area contributed by atoms with Crippen LogP contribution in [0, 0.1) is 27.7 Å². The average molecular weight is 688 g/mol. The van der Waals surface area contributed by atoms with Gasteiger partial charge in [-0.3, -0.25) is 19.7 Å². The van der Waals surface area contributed by atoms with E-state index >= 15 is 0 Å². The van der Waals surface area contributed by atoms with Crippen LogP contribution in [0.1, 0.15) is 27.4 Å². The molecule has 14 heteroatoms. The Bertz CT molecular complexity index is 1500. The minimum atomic E-state index is -1.45. The summed E-state index contributed by atoms with van der Waals surface area (Å²) in [5.41, 5.74) is -0.552. The fourth-order valence-corrected chi connectivity index (χ4v) is 6.28. The third-order valence-electron chi connectivity index (χ3n) is 5.86. The number of carbonyl (C=O) groups excluding carboxylic acids is 2. The molecule has 3 aromatic carbocycles. The molecular formula is C24H12BrCl5F2N2O4. The molecular weight excluding hydrogens is 675 g/mol. The van der Waals surface area contributed by atoms with Crippen LogP contribution in [0.25, 0.3) is 0 Å². The van der Waals surface area contributed by atoms with E-state index in [2.05, 4.69) is 21.2 Å². The molecule has 0 unspecified atom stereocenters. The second-order valence-electron chi connectivity index (χ2n) is 8.37. The Kier molecular flexibility index (Phi) is 8.29. The lowest BCUT2D eigenvalue weighted by Gasteiger charge is -2.10. The number of nitro groups is 1. The van der Waals surface area contributed by atoms with Gasteiger partial charge >= 0.3 is 0 Å². The third kappa shape index (κ3) is 5.64. The Balaban J connectivity index is 1.57. The largest absolute Gasteiger partial charge is 0.326 e. The van der Waals surface area contributed by atoms with E-state index in [1.807, 2.05) is 0 Å². The smallest absolute Gasteiger partial charge is 0.290 e. The summed E-state index contributed by atoms with van der Waals surface area (Å²) < 4.78 is 25.6. The number of nitrogens with zero attached hydrogens (tertiary/aromatic N) is 1. The number of hydrogen-bond donors (Lipinski definition) is 1. The van der Waals surface area contributed by atoms with Gasteiger partial charge in [0.25, 0.3) is 5.69 Å². The molecule has 1 N–H and O–H groups in total. The second-order valence-corrected chi connectivity index (χ2v) is 11.9. The fourth-order valence-electron chi connectivity index (χ4n) is 4.09. The summed E-state index contributed by atoms with van der Waals surface area (Å²) in [7, 11) is 0. The van der Waals surface area contributed by atoms with E-state index in [0.29, 0.717) is 21.7 Å². The molecule has 0 radical (unpaired) electrons. The fraction of sp³-hybridized carbons (Fsp3) is 0.167. The highest BCUT2D eigenvalue weighted by molar-refractivity contribution is 9.10. The Morgan fingerprint density at radius 2 is 1.68 bits per heavy atom. The lowest BCUT2D eigenvalue weighted by atomic mass is 10.0. The van der Waals surface area contributed by atoms with Crippen molar-refractivity contribution in [2.24, 2.45) is 5.92 Å². The summed E-state index contributed by atoms with van der Waals surface area (Å²) >= 11 is 33.7. The zero-order chi connectivity index (χ0) is 28.1. The first-order valence-electron chi connectivity index (χ1n) is 10.5. The van der Waals surface area contributed by atoms with Crippen LogP contribution in [0.5, 0.6) is 0 Å². The van der Waals surface area contributed by atoms with Gasteiger partial charge in [0.05, 0.1) is 15.9 Å². The summed E-state index contributed by atoms with van der Waals surface area (Å²) in [5, 5.41) is 14.7. The van der Waals surface area contributed by atoms with Crippen LogP contribution in [0.4, 0.5) is 20.2 Å². The van der Waals surface area contributed by atoms with Gasteiger partial charge in [-0.1, -0.05) is 34.8 Å². The van der Waals surface area contributed by atoms with Crippen LogP contribution in [0.3, 0.4) is 0 Å². The molecule has 198 valence electrons. The van der Waals surface area contributed by atoms with E-state index in [1.165, 1.54) is 24.3 Å². The standard InChI is InChI=1S/C24H12BrCl5F2N2O4/c25-20-21(32)16(31)5-10(22(20)34(37)38)6-17(35)14-8-13(1-2-15(14)28)33-23(36)19-18(24(19,29)30)9-3-11(26)7-12(27)4-9/h1-5,7-8,18-19H,6H2,(H,33,36)/t18-,19+/m0/s1. The van der Waals surface area contributed by atoms with Gasteiger partial charge in [0.1, 0.15) is 8.81 Å². The molecule has 0 heterocycles. The van der Waals surface area contributed by atoms with E-state index < -0.39 is 61.0 Å². The molecule has 38 heavy (non-hydrogen) atoms. The lowest BCUT2D eigenvalue weighted by Crippen LogP contribution is -2.17. The first-order chi connectivity index (χ1) is 17.7. The topological polar surface area (TPSA) is 89.3 Å². The number of carbonyl (C=O) groups is 2. The molecule has 0 bridgehead atoms. The maximum atomic E-state index is 13.9. The molecule has 0 spiro atoms. The monoisotopic (exact) mass is 684 g/mol. The van der Waals surface area contributed by atoms with Crippen molar-refractivity contribution >= 4 is 97.0 Å². The molecule has 1 aliphatic rings. The predicted molar refractivity (Wildman–Crippen MR) is 146 cm³/mol. The van der Waals surface area contributed by atoms with Crippen LogP contribution in [-0.4, -0.2) is 20.9 Å². The number of ketones is 1. The van der Waals surface area contributed by atoms with Gasteiger partial charge in [-0.25, -0.2) is 8.78 Å². The van der Waals surface area contributed by atoms with E-state index in [-0.39, 0.29) is 21.8 Å². The number of anilines is 1. The predicted octanol–water partition coefficient (Wildman–Crippen LogP) is 8.55. The number of nitrogens with one attached hydrogen (secondary N) is 1. The van der Waals surface area contributed by atoms with Crippen molar-refractivity contribution in [2.75, 3.05) is 5.32 Å². The number of halogens is 8. The van der Waals surface area contributed by atoms with Crippen LogP contribution in [0.2, 0.25) is 15.1 Å². The summed E-state index contributed by atoms with van der Waals surface area (Å²) in [5.74, 6) is -5.61. The van der Waals surface area contributed by atoms with Crippen LogP contribution in [0.15, 0.2) is 46.9 Å². The third-order valence-corrected chi connectivity index (χ3v) is 8.29. The zero-order valence-electron chi connectivity index (χ0n) is 18.5. The van der Waals surface area contributed by atoms with Gasteiger partial charge in [-0.2, -0.15) is 0 Å². The lowest BCUT2D eigenvalue weighted by molar-refractivity contribution is -0.386. The van der Waals surface area contributed by atoms with Crippen molar-refractivity contribution in [1.82, 2.24) is 0 Å². The molecule has 1 amide bonds. The summed E-state index contributed by atoms with van der Waals surface area (Å²) in [6.07, 6.45) is -0.671. The molecule has 6 nitrogen and oxygen atoms in total. The number of amides is 1. The van der Waals surface area contributed by atoms with Crippen molar-refractivity contribution in [3.05, 3.63) is 100 Å². The molecule has 0 saturated heterocycles. The Morgan fingerprint density at radius 1 is 1.05 bits per heavy atom. The van der Waals surface area contributed by atoms with Crippen molar-refractivity contribution in [3.63, 3.8) is 0 Å². The summed E-state index contributed by atoms with van der Waals surface area (Å²) in [4.78, 5) is 36.5. The SMILES string of the molecule is O=C(Cc1cc(F)c(F)c(Br)c1[N+](=O)[O-])c1cc(NC(=O)[C@H]2[C@H](c3cc(Cl)cc(Cl)c3)C2(Cl)Cl)ccc1Cl. The normalized spacial score (nSPS) is 17.7. The molecule has 1 saturated carbocycles. The van der Waals surface area contributed by atoms with Crippen LogP contribution < -0.4 is 5.32 Å². The number of nitro benzene ring substituents is 1. The van der Waals surface area contributed by atoms with Gasteiger partial charge in [0.2, 0.25) is 5.91 Å². The number of alkyl halides is 2. The molecule has 0 aromatic heterocycles. The van der Waals surface area contributed by atoms with E-state index in [4.69, 9.17) is 58.0 Å². The number of rotatable bonds is 7. The first kappa shape index (κ1) is 29.0. The second kappa shape index (κ2) is 10.9. The minimum Gasteiger partial charge on any atom is -0.326 e. The Hall–Kier alpha value is -2.01. The number of benzene rings is 3.